The van der Waals surface area contributed by atoms with Gasteiger partial charge in [0, 0.05) is 24.0 Å². The largest absolute Gasteiger partial charge is 0.474 e. The molecular formula is C23H25F2N5O4. The Hall–Kier alpha value is -3.34. The van der Waals surface area contributed by atoms with E-state index in [1.165, 1.54) is 18.3 Å². The van der Waals surface area contributed by atoms with Crippen LogP contribution in [0.15, 0.2) is 35.5 Å². The zero-order valence-electron chi connectivity index (χ0n) is 19.0. The first-order valence-corrected chi connectivity index (χ1v) is 11.1. The molecule has 5 rings (SSSR count). The Labute approximate surface area is 193 Å². The summed E-state index contributed by atoms with van der Waals surface area (Å²) in [6.07, 6.45) is 6.82. The molecule has 2 atom stereocenters. The van der Waals surface area contributed by atoms with E-state index in [0.717, 1.165) is 31.2 Å². The Balaban J connectivity index is 1.53. The summed E-state index contributed by atoms with van der Waals surface area (Å²) in [5.41, 5.74) is -0.719. The summed E-state index contributed by atoms with van der Waals surface area (Å²) in [7, 11) is 0. The van der Waals surface area contributed by atoms with Crippen molar-refractivity contribution in [1.82, 2.24) is 18.9 Å². The van der Waals surface area contributed by atoms with Crippen molar-refractivity contribution in [2.75, 3.05) is 11.9 Å². The van der Waals surface area contributed by atoms with E-state index in [1.54, 1.807) is 18.2 Å². The smallest absolute Gasteiger partial charge is 0.321 e. The van der Waals surface area contributed by atoms with Gasteiger partial charge in [0.25, 0.3) is 11.5 Å². The van der Waals surface area contributed by atoms with E-state index in [9.17, 15) is 18.4 Å². The highest BCUT2D eigenvalue weighted by atomic mass is 19.3. The number of carbonyl (C=O) groups is 1. The number of rotatable bonds is 6. The van der Waals surface area contributed by atoms with Crippen LogP contribution in [-0.2, 0) is 10.2 Å². The minimum atomic E-state index is -3.03. The summed E-state index contributed by atoms with van der Waals surface area (Å²) in [5.74, 6) is -0.296. The van der Waals surface area contributed by atoms with Crippen LogP contribution in [0, 0.1) is 0 Å². The fourth-order valence-electron chi connectivity index (χ4n) is 4.83. The zero-order valence-corrected chi connectivity index (χ0v) is 19.0. The first kappa shape index (κ1) is 22.5. The average Bonchev–Trinajstić information content (AvgIpc) is 3.44. The molecule has 9 nitrogen and oxygen atoms in total. The van der Waals surface area contributed by atoms with E-state index in [0.29, 0.717) is 12.4 Å². The van der Waals surface area contributed by atoms with E-state index in [1.807, 2.05) is 6.20 Å². The second-order valence-corrected chi connectivity index (χ2v) is 9.52. The number of fused-ring (bicyclic) bond motifs is 3. The van der Waals surface area contributed by atoms with Crippen LogP contribution < -0.4 is 15.6 Å². The van der Waals surface area contributed by atoms with Gasteiger partial charge >= 0.3 is 6.55 Å². The quantitative estimate of drug-likeness (QED) is 0.588. The Kier molecular flexibility index (Phi) is 5.19. The van der Waals surface area contributed by atoms with Gasteiger partial charge in [0.05, 0.1) is 24.0 Å². The zero-order chi connectivity index (χ0) is 24.3. The Morgan fingerprint density at radius 2 is 2.06 bits per heavy atom. The van der Waals surface area contributed by atoms with Crippen molar-refractivity contribution in [2.24, 2.45) is 0 Å². The van der Waals surface area contributed by atoms with Crippen molar-refractivity contribution in [3.05, 3.63) is 52.3 Å². The lowest BCUT2D eigenvalue weighted by atomic mass is 9.84. The number of pyridine rings is 1. The monoisotopic (exact) mass is 473 g/mol. The molecule has 1 N–H and O–H groups in total. The van der Waals surface area contributed by atoms with Crippen LogP contribution in [0.4, 0.5) is 14.5 Å². The van der Waals surface area contributed by atoms with Crippen molar-refractivity contribution < 1.29 is 23.0 Å². The summed E-state index contributed by atoms with van der Waals surface area (Å²) in [4.78, 5) is 34.6. The number of nitrogens with one attached hydrogen (secondary N) is 1. The SMILES string of the molecule is CC(C)Oc1nc2nc([C@]34CC[C@](C)(C3)OC4)cn2cc1C(=O)Nc1cccn(C(F)F)c1=O. The Bertz CT molecular complexity index is 1320. The highest BCUT2D eigenvalue weighted by molar-refractivity contribution is 6.05. The Morgan fingerprint density at radius 3 is 2.68 bits per heavy atom. The molecule has 1 aliphatic carbocycles. The van der Waals surface area contributed by atoms with Gasteiger partial charge in [0.15, 0.2) is 0 Å². The number of ether oxygens (including phenoxy) is 2. The number of nitrogens with zero attached hydrogens (tertiary/aromatic N) is 4. The third kappa shape index (κ3) is 3.73. The summed E-state index contributed by atoms with van der Waals surface area (Å²) < 4.78 is 39.8. The fraction of sp³-hybridized carbons (Fsp3) is 0.478. The molecule has 1 aliphatic heterocycles. The molecule has 1 saturated heterocycles. The van der Waals surface area contributed by atoms with Gasteiger partial charge in [0.1, 0.15) is 11.3 Å². The van der Waals surface area contributed by atoms with Crippen LogP contribution in [0.25, 0.3) is 5.78 Å². The van der Waals surface area contributed by atoms with Gasteiger partial charge in [-0.15, -0.1) is 0 Å². The highest BCUT2D eigenvalue weighted by Crippen LogP contribution is 2.53. The summed E-state index contributed by atoms with van der Waals surface area (Å²) in [6.45, 7) is 3.25. The molecule has 0 spiro atoms. The minimum absolute atomic E-state index is 0.0405. The number of imidazole rings is 1. The van der Waals surface area contributed by atoms with Crippen LogP contribution in [0.3, 0.4) is 0 Å². The standard InChI is InChI=1S/C23H25F2N5O4/c1-13(2)34-18-14(17(31)26-15-5-4-8-30(19(15)32)20(24)25)9-29-10-16(27-21(29)28-18)23-7-6-22(3,11-23)33-12-23/h4-5,8-10,13,20H,6-7,11-12H2,1-3H3,(H,26,31)/t22-,23-/m1/s1. The van der Waals surface area contributed by atoms with E-state index in [4.69, 9.17) is 14.5 Å². The maximum absolute atomic E-state index is 13.1. The molecule has 4 heterocycles. The van der Waals surface area contributed by atoms with Gasteiger partial charge in [-0.05, 0) is 52.2 Å². The third-order valence-electron chi connectivity index (χ3n) is 6.52. The van der Waals surface area contributed by atoms with E-state index in [-0.39, 0.29) is 38.8 Å². The van der Waals surface area contributed by atoms with Crippen LogP contribution in [0.2, 0.25) is 0 Å². The molecule has 180 valence electrons. The number of halogens is 2. The predicted octanol–water partition coefficient (Wildman–Crippen LogP) is 3.54. The molecule has 2 bridgehead atoms. The van der Waals surface area contributed by atoms with Gasteiger partial charge in [-0.2, -0.15) is 13.8 Å². The molecule has 1 amide bonds. The van der Waals surface area contributed by atoms with E-state index in [2.05, 4.69) is 17.2 Å². The third-order valence-corrected chi connectivity index (χ3v) is 6.52. The minimum Gasteiger partial charge on any atom is -0.474 e. The first-order chi connectivity index (χ1) is 16.1. The van der Waals surface area contributed by atoms with E-state index >= 15 is 0 Å². The number of hydrogen-bond donors (Lipinski definition) is 1. The van der Waals surface area contributed by atoms with Crippen molar-refractivity contribution in [3.8, 4) is 5.88 Å². The first-order valence-electron chi connectivity index (χ1n) is 11.1. The van der Waals surface area contributed by atoms with Crippen molar-refractivity contribution in [1.29, 1.82) is 0 Å². The van der Waals surface area contributed by atoms with Gasteiger partial charge in [-0.3, -0.25) is 18.6 Å². The lowest BCUT2D eigenvalue weighted by Crippen LogP contribution is -2.26. The van der Waals surface area contributed by atoms with Crippen molar-refractivity contribution in [3.63, 3.8) is 0 Å². The predicted molar refractivity (Wildman–Crippen MR) is 119 cm³/mol. The van der Waals surface area contributed by atoms with Crippen LogP contribution in [-0.4, -0.2) is 43.2 Å². The van der Waals surface area contributed by atoms with Crippen molar-refractivity contribution >= 4 is 17.4 Å². The molecule has 3 aromatic heterocycles. The topological polar surface area (TPSA) is 99.8 Å². The highest BCUT2D eigenvalue weighted by Gasteiger charge is 2.55. The number of aromatic nitrogens is 4. The van der Waals surface area contributed by atoms with Gasteiger partial charge in [-0.25, -0.2) is 4.98 Å². The normalized spacial score (nSPS) is 23.9. The summed E-state index contributed by atoms with van der Waals surface area (Å²) >= 11 is 0. The molecule has 0 unspecified atom stereocenters. The molecule has 0 radical (unpaired) electrons. The molecule has 0 aromatic carbocycles. The molecule has 3 aromatic rings. The molecule has 2 aliphatic rings. The molecule has 1 saturated carbocycles. The van der Waals surface area contributed by atoms with Gasteiger partial charge in [-0.1, -0.05) is 0 Å². The summed E-state index contributed by atoms with van der Waals surface area (Å²) in [5, 5.41) is 2.41. The molecule has 11 heteroatoms. The number of carbonyl (C=O) groups excluding carboxylic acids is 1. The molecule has 2 fully saturated rings. The lowest BCUT2D eigenvalue weighted by molar-refractivity contribution is -0.00627. The van der Waals surface area contributed by atoms with E-state index < -0.39 is 18.0 Å². The van der Waals surface area contributed by atoms with Crippen molar-refractivity contribution in [2.45, 2.75) is 63.7 Å². The molecule has 34 heavy (non-hydrogen) atoms. The lowest BCUT2D eigenvalue weighted by Gasteiger charge is -2.24. The second-order valence-electron chi connectivity index (χ2n) is 9.52. The fourth-order valence-corrected chi connectivity index (χ4v) is 4.83. The second kappa shape index (κ2) is 7.86. The Morgan fingerprint density at radius 1 is 1.26 bits per heavy atom. The van der Waals surface area contributed by atoms with Gasteiger partial charge in [0.2, 0.25) is 11.7 Å². The van der Waals surface area contributed by atoms with Gasteiger partial charge < -0.3 is 14.8 Å². The number of alkyl halides is 2. The van der Waals surface area contributed by atoms with Crippen LogP contribution in [0.1, 0.15) is 62.6 Å². The summed E-state index contributed by atoms with van der Waals surface area (Å²) in [6, 6.07) is 2.52. The van der Waals surface area contributed by atoms with Crippen LogP contribution >= 0.6 is 0 Å². The maximum Gasteiger partial charge on any atom is 0.321 e. The number of amides is 1. The number of hydrogen-bond acceptors (Lipinski definition) is 6. The number of anilines is 1. The molecular weight excluding hydrogens is 448 g/mol. The van der Waals surface area contributed by atoms with Crippen LogP contribution in [0.5, 0.6) is 5.88 Å². The average molecular weight is 473 g/mol. The maximum atomic E-state index is 13.1.